The maximum absolute atomic E-state index is 13.2. The zero-order valence-corrected chi connectivity index (χ0v) is 36.2. The van der Waals surface area contributed by atoms with Crippen molar-refractivity contribution in [1.29, 1.82) is 0 Å². The number of carbonyl (C=O) groups excluding carboxylic acids is 4. The Bertz CT molecular complexity index is 2730. The summed E-state index contributed by atoms with van der Waals surface area (Å²) in [5.41, 5.74) is 6.26. The quantitative estimate of drug-likeness (QED) is 0.115. The average Bonchev–Trinajstić information content (AvgIpc) is 4.00. The number of piperazine rings is 1. The molecule has 4 aliphatic rings. The fourth-order valence-electron chi connectivity index (χ4n) is 9.34. The minimum Gasteiger partial charge on any atom is -0.492 e. The molecule has 0 aliphatic carbocycles. The van der Waals surface area contributed by atoms with Crippen LogP contribution in [-0.4, -0.2) is 96.8 Å². The van der Waals surface area contributed by atoms with Gasteiger partial charge < -0.3 is 28.9 Å². The highest BCUT2D eigenvalue weighted by molar-refractivity contribution is 6.05. The lowest BCUT2D eigenvalue weighted by atomic mass is 9.98. The molecule has 4 heterocycles. The van der Waals surface area contributed by atoms with Gasteiger partial charge >= 0.3 is 0 Å². The van der Waals surface area contributed by atoms with Crippen LogP contribution in [0, 0.1) is 0 Å². The Balaban J connectivity index is 0.767. The van der Waals surface area contributed by atoms with Crippen LogP contribution in [0.4, 0.5) is 5.69 Å². The van der Waals surface area contributed by atoms with Crippen LogP contribution in [-0.2, 0) is 22.7 Å². The number of nitrogens with one attached hydrogen (secondary N) is 1. The van der Waals surface area contributed by atoms with Gasteiger partial charge in [-0.05, 0) is 120 Å². The van der Waals surface area contributed by atoms with E-state index >= 15 is 0 Å². The number of hydrogen-bond donors (Lipinski definition) is 1. The van der Waals surface area contributed by atoms with Crippen molar-refractivity contribution < 1.29 is 33.4 Å². The van der Waals surface area contributed by atoms with Crippen LogP contribution in [0.15, 0.2) is 127 Å². The van der Waals surface area contributed by atoms with Gasteiger partial charge in [0.2, 0.25) is 11.8 Å². The molecule has 3 fully saturated rings. The van der Waals surface area contributed by atoms with E-state index in [4.69, 9.17) is 14.2 Å². The third kappa shape index (κ3) is 9.12. The summed E-state index contributed by atoms with van der Waals surface area (Å²) >= 11 is 0. The Morgan fingerprint density at radius 1 is 0.692 bits per heavy atom. The summed E-state index contributed by atoms with van der Waals surface area (Å²) in [6, 6.07) is 41.2. The van der Waals surface area contributed by atoms with Gasteiger partial charge in [-0.2, -0.15) is 0 Å². The second-order valence-corrected chi connectivity index (χ2v) is 17.2. The van der Waals surface area contributed by atoms with E-state index in [0.29, 0.717) is 48.8 Å². The van der Waals surface area contributed by atoms with Crippen LogP contribution in [0.1, 0.15) is 57.5 Å². The second-order valence-electron chi connectivity index (χ2n) is 17.2. The van der Waals surface area contributed by atoms with E-state index in [9.17, 15) is 19.2 Å². The highest BCUT2D eigenvalue weighted by Crippen LogP contribution is 2.41. The number of anilines is 1. The standard InChI is InChI=1S/C53H51N5O7/c59-49-23-22-48(51(60)54-49)58-34-40-32-41(13-20-47(40)53(58)62)56-28-26-55(27-29-56)30-31-63-42-14-16-43(17-15-42)65-50-45(37-8-10-38(11-9-37)52(61)57-24-4-5-25-57)19-12-39-33-44(18-21-46(39)50)64-35-36-6-2-1-3-7-36/h1-3,6-21,32-33,48H,4-5,22-31,34-35H2,(H,54,59,60). The first kappa shape index (κ1) is 41.8. The van der Waals surface area contributed by atoms with Gasteiger partial charge in [-0.1, -0.05) is 48.5 Å². The third-order valence-electron chi connectivity index (χ3n) is 13.0. The molecule has 6 aromatic rings. The van der Waals surface area contributed by atoms with Crippen LogP contribution in [0.2, 0.25) is 0 Å². The monoisotopic (exact) mass is 869 g/mol. The molecule has 4 amide bonds. The van der Waals surface area contributed by atoms with Crippen LogP contribution < -0.4 is 24.4 Å². The van der Waals surface area contributed by atoms with E-state index in [1.165, 1.54) is 0 Å². The van der Waals surface area contributed by atoms with Crippen molar-refractivity contribution in [2.45, 2.75) is 44.9 Å². The van der Waals surface area contributed by atoms with Crippen LogP contribution in [0.25, 0.3) is 21.9 Å². The molecular weight excluding hydrogens is 819 g/mol. The Labute approximate surface area is 378 Å². The summed E-state index contributed by atoms with van der Waals surface area (Å²) in [7, 11) is 0. The number of ether oxygens (including phenoxy) is 3. The van der Waals surface area contributed by atoms with Crippen molar-refractivity contribution in [2.24, 2.45) is 0 Å². The predicted molar refractivity (Wildman–Crippen MR) is 248 cm³/mol. The fraction of sp³-hybridized carbons (Fsp3) is 0.283. The second kappa shape index (κ2) is 18.5. The van der Waals surface area contributed by atoms with Crippen LogP contribution in [0.3, 0.4) is 0 Å². The van der Waals surface area contributed by atoms with Crippen LogP contribution in [0.5, 0.6) is 23.0 Å². The first-order chi connectivity index (χ1) is 31.8. The number of carbonyl (C=O) groups is 4. The number of imide groups is 1. The minimum atomic E-state index is -0.619. The summed E-state index contributed by atoms with van der Waals surface area (Å²) in [6.45, 7) is 7.21. The number of benzene rings is 6. The van der Waals surface area contributed by atoms with Gasteiger partial charge in [-0.25, -0.2) is 0 Å². The molecule has 1 atom stereocenters. The lowest BCUT2D eigenvalue weighted by Crippen LogP contribution is -2.52. The lowest BCUT2D eigenvalue weighted by molar-refractivity contribution is -0.136. The zero-order chi connectivity index (χ0) is 44.3. The molecule has 12 nitrogen and oxygen atoms in total. The molecule has 1 unspecified atom stereocenters. The molecular formula is C53H51N5O7. The molecule has 0 bridgehead atoms. The van der Waals surface area contributed by atoms with Gasteiger partial charge in [-0.15, -0.1) is 0 Å². The van der Waals surface area contributed by atoms with Gasteiger partial charge in [0.05, 0.1) is 0 Å². The van der Waals surface area contributed by atoms with E-state index < -0.39 is 11.9 Å². The molecule has 0 radical (unpaired) electrons. The smallest absolute Gasteiger partial charge is 0.255 e. The van der Waals surface area contributed by atoms with Gasteiger partial charge in [-0.3, -0.25) is 29.4 Å². The molecule has 0 spiro atoms. The normalized spacial score (nSPS) is 17.6. The van der Waals surface area contributed by atoms with Gasteiger partial charge in [0, 0.05) is 86.5 Å². The summed E-state index contributed by atoms with van der Waals surface area (Å²) in [5, 5.41) is 4.30. The highest BCUT2D eigenvalue weighted by atomic mass is 16.5. The number of amides is 4. The SMILES string of the molecule is O=C1CCC(N2Cc3cc(N4CCN(CCOc5ccc(Oc6c(-c7ccc(C(=O)N8CCCC8)cc7)ccc7cc(OCc8ccccc8)ccc67)cc5)CC4)ccc3C2=O)C(=O)N1. The number of fused-ring (bicyclic) bond motifs is 2. The Morgan fingerprint density at radius 3 is 2.20 bits per heavy atom. The first-order valence-corrected chi connectivity index (χ1v) is 22.6. The van der Waals surface area contributed by atoms with Crippen molar-refractivity contribution in [3.63, 3.8) is 0 Å². The predicted octanol–water partition coefficient (Wildman–Crippen LogP) is 8.08. The highest BCUT2D eigenvalue weighted by Gasteiger charge is 2.39. The molecule has 10 rings (SSSR count). The van der Waals surface area contributed by atoms with Gasteiger partial charge in [0.15, 0.2) is 0 Å². The van der Waals surface area contributed by atoms with Crippen molar-refractivity contribution >= 4 is 40.1 Å². The average molecular weight is 870 g/mol. The van der Waals surface area contributed by atoms with Crippen molar-refractivity contribution in [3.05, 3.63) is 150 Å². The van der Waals surface area contributed by atoms with E-state index in [-0.39, 0.29) is 24.1 Å². The van der Waals surface area contributed by atoms with E-state index in [1.807, 2.05) is 102 Å². The minimum absolute atomic E-state index is 0.0760. The third-order valence-corrected chi connectivity index (χ3v) is 13.0. The van der Waals surface area contributed by atoms with Crippen molar-refractivity contribution in [3.8, 4) is 34.1 Å². The molecule has 65 heavy (non-hydrogen) atoms. The molecule has 12 heteroatoms. The first-order valence-electron chi connectivity index (χ1n) is 22.6. The van der Waals surface area contributed by atoms with Gasteiger partial charge in [0.1, 0.15) is 42.3 Å². The number of rotatable bonds is 13. The number of nitrogens with zero attached hydrogens (tertiary/aromatic N) is 4. The lowest BCUT2D eigenvalue weighted by Gasteiger charge is -2.36. The van der Waals surface area contributed by atoms with Crippen molar-refractivity contribution in [1.82, 2.24) is 20.0 Å². The molecule has 330 valence electrons. The number of likely N-dealkylation sites (tertiary alicyclic amines) is 1. The van der Waals surface area contributed by atoms with Crippen molar-refractivity contribution in [2.75, 3.05) is 57.3 Å². The molecule has 1 N–H and O–H groups in total. The van der Waals surface area contributed by atoms with Gasteiger partial charge in [0.25, 0.3) is 11.8 Å². The summed E-state index contributed by atoms with van der Waals surface area (Å²) < 4.78 is 19.1. The summed E-state index contributed by atoms with van der Waals surface area (Å²) in [4.78, 5) is 58.7. The molecule has 0 saturated carbocycles. The fourth-order valence-corrected chi connectivity index (χ4v) is 9.34. The maximum Gasteiger partial charge on any atom is 0.255 e. The Morgan fingerprint density at radius 2 is 1.43 bits per heavy atom. The van der Waals surface area contributed by atoms with E-state index in [0.717, 1.165) is 109 Å². The number of hydrogen-bond acceptors (Lipinski definition) is 9. The Hall–Kier alpha value is -7.18. The van der Waals surface area contributed by atoms with E-state index in [1.54, 1.807) is 4.90 Å². The molecule has 6 aromatic carbocycles. The zero-order valence-electron chi connectivity index (χ0n) is 36.2. The maximum atomic E-state index is 13.2. The summed E-state index contributed by atoms with van der Waals surface area (Å²) in [6.07, 6.45) is 2.69. The number of piperidine rings is 1. The largest absolute Gasteiger partial charge is 0.492 e. The Kier molecular flexibility index (Phi) is 11.9. The molecule has 3 saturated heterocycles. The molecule has 4 aliphatic heterocycles. The molecule has 0 aromatic heterocycles. The summed E-state index contributed by atoms with van der Waals surface area (Å²) in [5.74, 6) is 2.15. The van der Waals surface area contributed by atoms with Crippen LogP contribution >= 0.6 is 0 Å². The van der Waals surface area contributed by atoms with E-state index in [2.05, 4.69) is 45.4 Å². The topological polar surface area (TPSA) is 121 Å².